The van der Waals surface area contributed by atoms with Gasteiger partial charge >= 0.3 is 0 Å². The van der Waals surface area contributed by atoms with Crippen molar-refractivity contribution in [3.8, 4) is 0 Å². The molecule has 2 fully saturated rings. The first-order chi connectivity index (χ1) is 12.1. The van der Waals surface area contributed by atoms with Gasteiger partial charge in [0.15, 0.2) is 5.65 Å². The number of hydrogen-bond acceptors (Lipinski definition) is 5. The lowest BCUT2D eigenvalue weighted by Crippen LogP contribution is -2.65. The number of fused-ring (bicyclic) bond motifs is 1. The van der Waals surface area contributed by atoms with Crippen molar-refractivity contribution in [2.45, 2.75) is 57.6 Å². The average molecular weight is 408 g/mol. The van der Waals surface area contributed by atoms with Crippen molar-refractivity contribution >= 4 is 32.8 Å². The van der Waals surface area contributed by atoms with Crippen molar-refractivity contribution < 1.29 is 4.74 Å². The summed E-state index contributed by atoms with van der Waals surface area (Å²) >= 11 is 3.59. The summed E-state index contributed by atoms with van der Waals surface area (Å²) in [4.78, 5) is 11.4. The Morgan fingerprint density at radius 2 is 2.08 bits per heavy atom. The summed E-state index contributed by atoms with van der Waals surface area (Å²) in [6.45, 7) is 2.91. The van der Waals surface area contributed by atoms with E-state index in [2.05, 4.69) is 49.9 Å². The normalized spacial score (nSPS) is 25.3. The highest BCUT2D eigenvalue weighted by Crippen LogP contribution is 2.55. The Bertz CT molecular complexity index is 770. The lowest BCUT2D eigenvalue weighted by atomic mass is 9.54. The van der Waals surface area contributed by atoms with Gasteiger partial charge in [0.1, 0.15) is 16.7 Å². The zero-order valence-corrected chi connectivity index (χ0v) is 16.8. The molecule has 2 aliphatic carbocycles. The van der Waals surface area contributed by atoms with Crippen LogP contribution < -0.4 is 4.90 Å². The molecular weight excluding hydrogens is 382 g/mol. The van der Waals surface area contributed by atoms with Crippen LogP contribution in [0.4, 0.5) is 5.82 Å². The van der Waals surface area contributed by atoms with E-state index in [4.69, 9.17) is 4.74 Å². The minimum Gasteiger partial charge on any atom is -0.378 e. The zero-order valence-electron chi connectivity index (χ0n) is 15.2. The second-order valence-electron chi connectivity index (χ2n) is 7.41. The molecule has 7 heteroatoms. The van der Waals surface area contributed by atoms with Gasteiger partial charge < -0.3 is 9.64 Å². The van der Waals surface area contributed by atoms with E-state index in [9.17, 15) is 0 Å². The molecule has 0 amide bonds. The van der Waals surface area contributed by atoms with Gasteiger partial charge in [-0.25, -0.2) is 14.6 Å². The van der Waals surface area contributed by atoms with E-state index in [0.717, 1.165) is 34.5 Å². The maximum Gasteiger partial charge on any atom is 0.164 e. The SMILES string of the molecule is CCOC1CC(N(C)c2ncnc3c2c(Br)nn3C)C12CCCCC2. The van der Waals surface area contributed by atoms with Crippen LogP contribution in [0.1, 0.15) is 45.4 Å². The predicted octanol–water partition coefficient (Wildman–Crippen LogP) is 3.69. The zero-order chi connectivity index (χ0) is 17.6. The third-order valence-electron chi connectivity index (χ3n) is 6.25. The van der Waals surface area contributed by atoms with Gasteiger partial charge in [-0.1, -0.05) is 19.3 Å². The van der Waals surface area contributed by atoms with Crippen LogP contribution in [0.5, 0.6) is 0 Å². The molecule has 1 spiro atoms. The predicted molar refractivity (Wildman–Crippen MR) is 102 cm³/mol. The Morgan fingerprint density at radius 3 is 2.80 bits per heavy atom. The van der Waals surface area contributed by atoms with E-state index in [0.29, 0.717) is 12.1 Å². The van der Waals surface area contributed by atoms with Gasteiger partial charge in [-0.3, -0.25) is 0 Å². The number of nitrogens with zero attached hydrogens (tertiary/aromatic N) is 5. The number of rotatable bonds is 4. The number of anilines is 1. The van der Waals surface area contributed by atoms with Crippen LogP contribution in [0, 0.1) is 5.41 Å². The fourth-order valence-electron chi connectivity index (χ4n) is 5.01. The molecule has 2 unspecified atom stereocenters. The van der Waals surface area contributed by atoms with Crippen molar-refractivity contribution in [3.63, 3.8) is 0 Å². The van der Waals surface area contributed by atoms with Gasteiger partial charge in [-0.2, -0.15) is 5.10 Å². The van der Waals surface area contributed by atoms with Crippen molar-refractivity contribution in [1.82, 2.24) is 19.7 Å². The van der Waals surface area contributed by atoms with Gasteiger partial charge in [-0.15, -0.1) is 0 Å². The molecule has 2 atom stereocenters. The highest BCUT2D eigenvalue weighted by molar-refractivity contribution is 9.10. The van der Waals surface area contributed by atoms with Crippen LogP contribution in [0.15, 0.2) is 10.9 Å². The molecule has 2 aromatic rings. The maximum absolute atomic E-state index is 6.12. The molecule has 0 bridgehead atoms. The summed E-state index contributed by atoms with van der Waals surface area (Å²) in [5.74, 6) is 0.967. The van der Waals surface area contributed by atoms with Crippen molar-refractivity contribution in [2.75, 3.05) is 18.6 Å². The van der Waals surface area contributed by atoms with Crippen molar-refractivity contribution in [2.24, 2.45) is 12.5 Å². The highest BCUT2D eigenvalue weighted by Gasteiger charge is 2.57. The second kappa shape index (κ2) is 6.50. The molecule has 2 saturated carbocycles. The molecule has 6 nitrogen and oxygen atoms in total. The fourth-order valence-corrected chi connectivity index (χ4v) is 5.60. The summed E-state index contributed by atoms with van der Waals surface area (Å²) in [7, 11) is 4.09. The van der Waals surface area contributed by atoms with Gasteiger partial charge in [0, 0.05) is 32.2 Å². The van der Waals surface area contributed by atoms with Crippen LogP contribution in [0.25, 0.3) is 11.0 Å². The van der Waals surface area contributed by atoms with E-state index in [1.807, 2.05) is 7.05 Å². The largest absolute Gasteiger partial charge is 0.378 e. The smallest absolute Gasteiger partial charge is 0.164 e. The minimum atomic E-state index is 0.273. The number of halogens is 1. The highest BCUT2D eigenvalue weighted by atomic mass is 79.9. The Hall–Kier alpha value is -1.21. The molecule has 25 heavy (non-hydrogen) atoms. The van der Waals surface area contributed by atoms with Gasteiger partial charge in [0.2, 0.25) is 0 Å². The lowest BCUT2D eigenvalue weighted by molar-refractivity contribution is -0.141. The summed E-state index contributed by atoms with van der Waals surface area (Å²) in [6, 6.07) is 0.467. The molecule has 0 N–H and O–H groups in total. The Kier molecular flexibility index (Phi) is 4.48. The number of ether oxygens (including phenoxy) is 1. The van der Waals surface area contributed by atoms with E-state index in [-0.39, 0.29) is 5.41 Å². The Morgan fingerprint density at radius 1 is 1.32 bits per heavy atom. The standard InChI is InChI=1S/C18H26BrN5O/c1-4-25-13-10-12(18(13)8-6-5-7-9-18)23(2)16-14-15(19)22-24(3)17(14)21-11-20-16/h11-13H,4-10H2,1-3H3. The number of aryl methyl sites for hydroxylation is 1. The third-order valence-corrected chi connectivity index (χ3v) is 6.81. The molecule has 2 heterocycles. The first kappa shape index (κ1) is 17.2. The van der Waals surface area contributed by atoms with Crippen molar-refractivity contribution in [1.29, 1.82) is 0 Å². The van der Waals surface area contributed by atoms with E-state index >= 15 is 0 Å². The fraction of sp³-hybridized carbons (Fsp3) is 0.722. The van der Waals surface area contributed by atoms with Crippen LogP contribution >= 0.6 is 15.9 Å². The molecule has 2 aliphatic rings. The van der Waals surface area contributed by atoms with Gasteiger partial charge in [0.05, 0.1) is 11.5 Å². The summed E-state index contributed by atoms with van der Waals surface area (Å²) in [6.07, 6.45) is 9.60. The average Bonchev–Trinajstić information content (AvgIpc) is 2.93. The van der Waals surface area contributed by atoms with Crippen LogP contribution in [0.3, 0.4) is 0 Å². The summed E-state index contributed by atoms with van der Waals surface area (Å²) in [5.41, 5.74) is 1.14. The second-order valence-corrected chi connectivity index (χ2v) is 8.16. The van der Waals surface area contributed by atoms with Crippen LogP contribution in [-0.2, 0) is 11.8 Å². The summed E-state index contributed by atoms with van der Waals surface area (Å²) in [5, 5.41) is 5.46. The molecule has 4 rings (SSSR count). The maximum atomic E-state index is 6.12. The Labute approximate surface area is 157 Å². The third kappa shape index (κ3) is 2.58. The molecule has 2 aromatic heterocycles. The molecule has 0 radical (unpaired) electrons. The van der Waals surface area contributed by atoms with Gasteiger partial charge in [-0.05, 0) is 42.1 Å². The Balaban J connectivity index is 1.70. The van der Waals surface area contributed by atoms with Gasteiger partial charge in [0.25, 0.3) is 0 Å². The first-order valence-electron chi connectivity index (χ1n) is 9.26. The topological polar surface area (TPSA) is 56.1 Å². The molecule has 0 aliphatic heterocycles. The van der Waals surface area contributed by atoms with E-state index in [1.165, 1.54) is 32.1 Å². The molecule has 0 saturated heterocycles. The summed E-state index contributed by atoms with van der Waals surface area (Å²) < 4.78 is 8.73. The molecule has 0 aromatic carbocycles. The van der Waals surface area contributed by atoms with E-state index < -0.39 is 0 Å². The quantitative estimate of drug-likeness (QED) is 0.773. The van der Waals surface area contributed by atoms with Crippen molar-refractivity contribution in [3.05, 3.63) is 10.9 Å². The minimum absolute atomic E-state index is 0.273. The molecular formula is C18H26BrN5O. The first-order valence-corrected chi connectivity index (χ1v) is 10.1. The lowest BCUT2D eigenvalue weighted by Gasteiger charge is -2.60. The molecule has 136 valence electrons. The van der Waals surface area contributed by atoms with E-state index in [1.54, 1.807) is 11.0 Å². The van der Waals surface area contributed by atoms with Crippen LogP contribution in [-0.4, -0.2) is 45.5 Å². The number of aromatic nitrogens is 4. The monoisotopic (exact) mass is 407 g/mol. The van der Waals surface area contributed by atoms with Crippen LogP contribution in [0.2, 0.25) is 0 Å². The number of hydrogen-bond donors (Lipinski definition) is 0.